The lowest BCUT2D eigenvalue weighted by Gasteiger charge is -2.09. The van der Waals surface area contributed by atoms with Gasteiger partial charge in [-0.1, -0.05) is 0 Å². The van der Waals surface area contributed by atoms with Gasteiger partial charge in [-0.25, -0.2) is 26.9 Å². The molecule has 0 spiro atoms. The van der Waals surface area contributed by atoms with Crippen molar-refractivity contribution in [2.45, 2.75) is 6.54 Å². The Morgan fingerprint density at radius 3 is 2.30 bits per heavy atom. The minimum absolute atomic E-state index is 0.00326. The van der Waals surface area contributed by atoms with E-state index in [1.54, 1.807) is 0 Å². The van der Waals surface area contributed by atoms with Gasteiger partial charge >= 0.3 is 0 Å². The molecule has 0 radical (unpaired) electrons. The minimum atomic E-state index is -1.68. The summed E-state index contributed by atoms with van der Waals surface area (Å²) in [5.74, 6) is -6.98. The molecule has 2 aromatic carbocycles. The summed E-state index contributed by atoms with van der Waals surface area (Å²) in [7, 11) is 0. The first-order valence-electron chi connectivity index (χ1n) is 6.54. The largest absolute Gasteiger partial charge is 0.395 e. The zero-order valence-electron chi connectivity index (χ0n) is 11.5. The van der Waals surface area contributed by atoms with Gasteiger partial charge in [-0.3, -0.25) is 0 Å². The van der Waals surface area contributed by atoms with Crippen LogP contribution in [0.15, 0.2) is 24.3 Å². The van der Waals surface area contributed by atoms with E-state index in [0.717, 1.165) is 24.3 Å². The Kier molecular flexibility index (Phi) is 3.77. The number of nitrogens with zero attached hydrogens (tertiary/aromatic N) is 2. The van der Waals surface area contributed by atoms with Crippen LogP contribution in [-0.2, 0) is 6.54 Å². The topological polar surface area (TPSA) is 38.0 Å². The molecule has 0 aliphatic heterocycles. The van der Waals surface area contributed by atoms with Crippen LogP contribution in [-0.4, -0.2) is 21.3 Å². The minimum Gasteiger partial charge on any atom is -0.395 e. The molecular formula is C15H9F5N2O. The lowest BCUT2D eigenvalue weighted by Crippen LogP contribution is -2.06. The van der Waals surface area contributed by atoms with Crippen molar-refractivity contribution in [1.82, 2.24) is 9.55 Å². The summed E-state index contributed by atoms with van der Waals surface area (Å²) in [6.45, 7) is -0.516. The van der Waals surface area contributed by atoms with Gasteiger partial charge in [-0.15, -0.1) is 0 Å². The maximum absolute atomic E-state index is 14.0. The molecule has 0 saturated heterocycles. The summed E-state index contributed by atoms with van der Waals surface area (Å²) < 4.78 is 68.4. The highest BCUT2D eigenvalue weighted by Crippen LogP contribution is 2.29. The molecule has 3 aromatic rings. The number of hydrogen-bond donors (Lipinski definition) is 1. The molecule has 8 heteroatoms. The Bertz CT molecular complexity index is 907. The normalized spacial score (nSPS) is 11.4. The smallest absolute Gasteiger partial charge is 0.195 e. The van der Waals surface area contributed by atoms with Gasteiger partial charge in [-0.2, -0.15) is 0 Å². The quantitative estimate of drug-likeness (QED) is 0.591. The van der Waals surface area contributed by atoms with Crippen LogP contribution in [0.3, 0.4) is 0 Å². The third kappa shape index (κ3) is 2.44. The first-order valence-corrected chi connectivity index (χ1v) is 6.54. The number of aliphatic hydroxyl groups is 1. The zero-order valence-corrected chi connectivity index (χ0v) is 11.5. The van der Waals surface area contributed by atoms with E-state index in [4.69, 9.17) is 5.11 Å². The number of fused-ring (bicyclic) bond motifs is 1. The number of benzene rings is 2. The second-order valence-electron chi connectivity index (χ2n) is 4.79. The molecule has 3 rings (SSSR count). The average Bonchev–Trinajstić information content (AvgIpc) is 2.84. The highest BCUT2D eigenvalue weighted by Gasteiger charge is 2.21. The van der Waals surface area contributed by atoms with Crippen molar-refractivity contribution in [2.24, 2.45) is 0 Å². The van der Waals surface area contributed by atoms with Gasteiger partial charge in [0.2, 0.25) is 0 Å². The number of hydrogen-bond acceptors (Lipinski definition) is 2. The van der Waals surface area contributed by atoms with E-state index < -0.39 is 35.7 Å². The Hall–Kier alpha value is -2.48. The van der Waals surface area contributed by atoms with Gasteiger partial charge < -0.3 is 9.67 Å². The van der Waals surface area contributed by atoms with Crippen molar-refractivity contribution in [3.8, 4) is 11.4 Å². The van der Waals surface area contributed by atoms with Crippen LogP contribution in [0, 0.1) is 29.1 Å². The number of aliphatic hydroxyl groups excluding tert-OH is 1. The van der Waals surface area contributed by atoms with Crippen molar-refractivity contribution in [2.75, 3.05) is 6.61 Å². The predicted octanol–water partition coefficient (Wildman–Crippen LogP) is 3.39. The molecule has 1 heterocycles. The monoisotopic (exact) mass is 328 g/mol. The molecule has 0 aliphatic carbocycles. The van der Waals surface area contributed by atoms with Crippen LogP contribution in [0.1, 0.15) is 0 Å². The molecule has 1 N–H and O–H groups in total. The highest BCUT2D eigenvalue weighted by atomic mass is 19.2. The van der Waals surface area contributed by atoms with Crippen LogP contribution in [0.5, 0.6) is 0 Å². The van der Waals surface area contributed by atoms with Crippen LogP contribution >= 0.6 is 0 Å². The summed E-state index contributed by atoms with van der Waals surface area (Å²) in [4.78, 5) is 3.95. The first-order chi connectivity index (χ1) is 10.9. The summed E-state index contributed by atoms with van der Waals surface area (Å²) in [6, 6.07) is 3.33. The van der Waals surface area contributed by atoms with Crippen LogP contribution in [0.2, 0.25) is 0 Å². The van der Waals surface area contributed by atoms with Crippen molar-refractivity contribution in [3.63, 3.8) is 0 Å². The van der Waals surface area contributed by atoms with Gasteiger partial charge in [0.25, 0.3) is 0 Å². The molecule has 23 heavy (non-hydrogen) atoms. The Morgan fingerprint density at radius 1 is 0.913 bits per heavy atom. The predicted molar refractivity (Wildman–Crippen MR) is 72.0 cm³/mol. The third-order valence-corrected chi connectivity index (χ3v) is 3.39. The fourth-order valence-electron chi connectivity index (χ4n) is 2.35. The molecule has 120 valence electrons. The van der Waals surface area contributed by atoms with E-state index in [0.29, 0.717) is 0 Å². The van der Waals surface area contributed by atoms with E-state index in [9.17, 15) is 22.0 Å². The van der Waals surface area contributed by atoms with Gasteiger partial charge in [-0.05, 0) is 12.1 Å². The molecule has 0 bridgehead atoms. The number of rotatable bonds is 3. The second kappa shape index (κ2) is 5.62. The second-order valence-corrected chi connectivity index (χ2v) is 4.79. The van der Waals surface area contributed by atoms with Gasteiger partial charge in [0.15, 0.2) is 29.1 Å². The fourth-order valence-corrected chi connectivity index (χ4v) is 2.35. The number of aromatic nitrogens is 2. The molecule has 0 fully saturated rings. The van der Waals surface area contributed by atoms with E-state index >= 15 is 0 Å². The lowest BCUT2D eigenvalue weighted by molar-refractivity contribution is 0.278. The van der Waals surface area contributed by atoms with Crippen molar-refractivity contribution in [3.05, 3.63) is 53.4 Å². The molecule has 0 atom stereocenters. The molecule has 0 unspecified atom stereocenters. The molecule has 0 saturated carbocycles. The zero-order chi connectivity index (χ0) is 16.7. The summed E-state index contributed by atoms with van der Waals surface area (Å²) in [5.41, 5.74) is -0.289. The molecule has 0 aliphatic rings. The van der Waals surface area contributed by atoms with E-state index in [1.165, 1.54) is 4.57 Å². The standard InChI is InChI=1S/C15H9F5N2O/c16-8-2-1-7(13(19)14(8)20)15-21-11-5-9(17)10(18)6-12(11)22(15)3-4-23/h1-2,5-6,23H,3-4H2. The Morgan fingerprint density at radius 2 is 1.61 bits per heavy atom. The highest BCUT2D eigenvalue weighted by molar-refractivity contribution is 5.81. The van der Waals surface area contributed by atoms with Crippen molar-refractivity contribution in [1.29, 1.82) is 0 Å². The lowest BCUT2D eigenvalue weighted by atomic mass is 10.2. The molecule has 0 amide bonds. The van der Waals surface area contributed by atoms with Crippen molar-refractivity contribution >= 4 is 11.0 Å². The number of halogens is 5. The van der Waals surface area contributed by atoms with Gasteiger partial charge in [0, 0.05) is 18.7 Å². The molecule has 3 nitrogen and oxygen atoms in total. The van der Waals surface area contributed by atoms with Gasteiger partial charge in [0.05, 0.1) is 23.2 Å². The van der Waals surface area contributed by atoms with E-state index in [-0.39, 0.29) is 29.0 Å². The Balaban J connectivity index is 2.33. The van der Waals surface area contributed by atoms with E-state index in [1.807, 2.05) is 0 Å². The molecular weight excluding hydrogens is 319 g/mol. The third-order valence-electron chi connectivity index (χ3n) is 3.39. The van der Waals surface area contributed by atoms with E-state index in [2.05, 4.69) is 4.98 Å². The van der Waals surface area contributed by atoms with Crippen LogP contribution < -0.4 is 0 Å². The van der Waals surface area contributed by atoms with Crippen molar-refractivity contribution < 1.29 is 27.1 Å². The van der Waals surface area contributed by atoms with Crippen LogP contribution in [0.25, 0.3) is 22.4 Å². The fraction of sp³-hybridized carbons (Fsp3) is 0.133. The Labute approximate surface area is 126 Å². The average molecular weight is 328 g/mol. The van der Waals surface area contributed by atoms with Crippen LogP contribution in [0.4, 0.5) is 22.0 Å². The maximum Gasteiger partial charge on any atom is 0.195 e. The summed E-state index contributed by atoms with van der Waals surface area (Å²) >= 11 is 0. The maximum atomic E-state index is 14.0. The summed E-state index contributed by atoms with van der Waals surface area (Å²) in [6.07, 6.45) is 0. The first kappa shape index (κ1) is 15.4. The number of imidazole rings is 1. The summed E-state index contributed by atoms with van der Waals surface area (Å²) in [5, 5.41) is 9.12. The van der Waals surface area contributed by atoms with Gasteiger partial charge in [0.1, 0.15) is 5.82 Å². The molecule has 1 aromatic heterocycles. The SMILES string of the molecule is OCCn1c(-c2ccc(F)c(F)c2F)nc2cc(F)c(F)cc21.